The average molecular weight is 170 g/mol. The van der Waals surface area contributed by atoms with Crippen LogP contribution in [0.15, 0.2) is 0 Å². The summed E-state index contributed by atoms with van der Waals surface area (Å²) in [5, 5.41) is 10.6. The number of amides is 1. The number of halogens is 3. The number of carbonyl (C=O) groups is 2. The van der Waals surface area contributed by atoms with Crippen molar-refractivity contribution in [3.05, 3.63) is 0 Å². The van der Waals surface area contributed by atoms with E-state index in [0.717, 1.165) is 5.32 Å². The van der Waals surface area contributed by atoms with Crippen LogP contribution in [0, 0.1) is 0 Å². The maximum Gasteiger partial charge on any atom is 0.471 e. The van der Waals surface area contributed by atoms with Crippen LogP contribution < -0.4 is 10.4 Å². The Morgan fingerprint density at radius 3 is 2.09 bits per heavy atom. The minimum Gasteiger partial charge on any atom is -0.548 e. The van der Waals surface area contributed by atoms with Crippen LogP contribution in [0.2, 0.25) is 0 Å². The number of hydrogen-bond acceptors (Lipinski definition) is 3. The molecule has 0 saturated heterocycles. The van der Waals surface area contributed by atoms with Crippen LogP contribution in [0.5, 0.6) is 0 Å². The highest BCUT2D eigenvalue weighted by molar-refractivity contribution is 5.84. The normalized spacial score (nSPS) is 10.8. The third-order valence-corrected chi connectivity index (χ3v) is 0.651. The molecule has 0 saturated carbocycles. The Kier molecular flexibility index (Phi) is 2.85. The quantitative estimate of drug-likeness (QED) is 0.543. The molecule has 0 aliphatic rings. The predicted molar refractivity (Wildman–Crippen MR) is 24.1 cm³/mol. The van der Waals surface area contributed by atoms with Crippen LogP contribution >= 0.6 is 0 Å². The summed E-state index contributed by atoms with van der Waals surface area (Å²) in [4.78, 5) is 19.4. The van der Waals surface area contributed by atoms with Crippen molar-refractivity contribution in [1.29, 1.82) is 0 Å². The first-order chi connectivity index (χ1) is 4.84. The van der Waals surface area contributed by atoms with E-state index in [9.17, 15) is 27.9 Å². The second kappa shape index (κ2) is 3.22. The van der Waals surface area contributed by atoms with E-state index in [2.05, 4.69) is 0 Å². The Morgan fingerprint density at radius 1 is 1.36 bits per heavy atom. The van der Waals surface area contributed by atoms with Gasteiger partial charge in [-0.2, -0.15) is 13.2 Å². The van der Waals surface area contributed by atoms with Crippen molar-refractivity contribution in [2.75, 3.05) is 6.54 Å². The molecule has 4 nitrogen and oxygen atoms in total. The minimum atomic E-state index is -5.05. The Hall–Kier alpha value is -1.27. The van der Waals surface area contributed by atoms with Crippen molar-refractivity contribution >= 4 is 11.9 Å². The van der Waals surface area contributed by atoms with Gasteiger partial charge < -0.3 is 15.2 Å². The van der Waals surface area contributed by atoms with Crippen molar-refractivity contribution in [3.8, 4) is 0 Å². The van der Waals surface area contributed by atoms with E-state index in [1.165, 1.54) is 0 Å². The van der Waals surface area contributed by atoms with Gasteiger partial charge >= 0.3 is 12.1 Å². The number of alkyl halides is 3. The van der Waals surface area contributed by atoms with Crippen LogP contribution in [0.25, 0.3) is 0 Å². The highest BCUT2D eigenvalue weighted by Gasteiger charge is 2.38. The van der Waals surface area contributed by atoms with E-state index in [0.29, 0.717) is 0 Å². The molecule has 0 spiro atoms. The maximum atomic E-state index is 11.3. The fourth-order valence-corrected chi connectivity index (χ4v) is 0.253. The van der Waals surface area contributed by atoms with Crippen LogP contribution in [0.1, 0.15) is 0 Å². The Labute approximate surface area is 59.0 Å². The molecule has 0 rings (SSSR count). The molecule has 0 atom stereocenters. The lowest BCUT2D eigenvalue weighted by Crippen LogP contribution is -2.43. The van der Waals surface area contributed by atoms with Crippen LogP contribution in [-0.4, -0.2) is 24.6 Å². The lowest BCUT2D eigenvalue weighted by atomic mass is 10.5. The number of carboxylic acids is 1. The van der Waals surface area contributed by atoms with Crippen molar-refractivity contribution < 1.29 is 27.9 Å². The molecule has 0 aromatic rings. The Bertz CT molecular complexity index is 176. The summed E-state index contributed by atoms with van der Waals surface area (Å²) < 4.78 is 33.8. The first-order valence-corrected chi connectivity index (χ1v) is 2.39. The first-order valence-electron chi connectivity index (χ1n) is 2.39. The molecule has 0 aromatic heterocycles. The zero-order valence-corrected chi connectivity index (χ0v) is 5.07. The molecule has 0 aliphatic heterocycles. The predicted octanol–water partition coefficient (Wildman–Crippen LogP) is -1.59. The monoisotopic (exact) mass is 170 g/mol. The van der Waals surface area contributed by atoms with Crippen LogP contribution in [-0.2, 0) is 9.59 Å². The number of carboxylic acid groups (broad SMARTS) is 1. The summed E-state index contributed by atoms with van der Waals surface area (Å²) in [6.45, 7) is -1.14. The Balaban J connectivity index is 3.80. The summed E-state index contributed by atoms with van der Waals surface area (Å²) in [6.07, 6.45) is -5.05. The van der Waals surface area contributed by atoms with E-state index in [-0.39, 0.29) is 0 Å². The summed E-state index contributed by atoms with van der Waals surface area (Å²) >= 11 is 0. The number of aliphatic carboxylic acids is 1. The van der Waals surface area contributed by atoms with Crippen molar-refractivity contribution in [2.45, 2.75) is 6.18 Å². The lowest BCUT2D eigenvalue weighted by Gasteiger charge is -2.07. The zero-order chi connectivity index (χ0) is 9.07. The summed E-state index contributed by atoms with van der Waals surface area (Å²) in [5.41, 5.74) is 0. The molecule has 0 aromatic carbocycles. The summed E-state index contributed by atoms with van der Waals surface area (Å²) in [6, 6.07) is 0. The van der Waals surface area contributed by atoms with Gasteiger partial charge in [0, 0.05) is 0 Å². The van der Waals surface area contributed by atoms with Gasteiger partial charge in [0.05, 0.1) is 12.5 Å². The molecule has 0 bridgehead atoms. The number of hydrogen-bond donors (Lipinski definition) is 1. The van der Waals surface area contributed by atoms with Gasteiger partial charge in [0.2, 0.25) is 0 Å². The summed E-state index contributed by atoms with van der Waals surface area (Å²) in [7, 11) is 0. The molecule has 0 aliphatic carbocycles. The molecule has 64 valence electrons. The first kappa shape index (κ1) is 9.73. The molecule has 1 amide bonds. The van der Waals surface area contributed by atoms with Crippen molar-refractivity contribution in [1.82, 2.24) is 5.32 Å². The van der Waals surface area contributed by atoms with Gasteiger partial charge in [0.15, 0.2) is 0 Å². The molecule has 0 heterocycles. The highest BCUT2D eigenvalue weighted by Crippen LogP contribution is 2.13. The molecule has 0 radical (unpaired) electrons. The van der Waals surface area contributed by atoms with Crippen molar-refractivity contribution in [3.63, 3.8) is 0 Å². The second-order valence-corrected chi connectivity index (χ2v) is 1.55. The second-order valence-electron chi connectivity index (χ2n) is 1.55. The van der Waals surface area contributed by atoms with E-state index in [1.807, 2.05) is 0 Å². The average Bonchev–Trinajstić information content (AvgIpc) is 1.80. The standard InChI is InChI=1S/C4H4F3NO3/c5-4(6,7)3(11)8-1-2(9)10/h1H2,(H,8,11)(H,9,10)/p-1. The molecular weight excluding hydrogens is 167 g/mol. The topological polar surface area (TPSA) is 69.2 Å². The minimum absolute atomic E-state index is 1.10. The van der Waals surface area contributed by atoms with Gasteiger partial charge in [-0.05, 0) is 0 Å². The fraction of sp³-hybridized carbons (Fsp3) is 0.500. The number of nitrogens with one attached hydrogen (secondary N) is 1. The van der Waals surface area contributed by atoms with E-state index in [4.69, 9.17) is 0 Å². The van der Waals surface area contributed by atoms with Gasteiger partial charge in [-0.25, -0.2) is 0 Å². The van der Waals surface area contributed by atoms with Crippen molar-refractivity contribution in [2.24, 2.45) is 0 Å². The summed E-state index contributed by atoms with van der Waals surface area (Å²) in [5.74, 6) is -4.07. The van der Waals surface area contributed by atoms with E-state index in [1.54, 1.807) is 0 Å². The molecule has 1 N–H and O–H groups in total. The van der Waals surface area contributed by atoms with Gasteiger partial charge in [0.1, 0.15) is 0 Å². The molecular formula is C4H3F3NO3-. The molecule has 0 fully saturated rings. The molecule has 11 heavy (non-hydrogen) atoms. The lowest BCUT2D eigenvalue weighted by molar-refractivity contribution is -0.304. The van der Waals surface area contributed by atoms with Gasteiger partial charge in [-0.15, -0.1) is 0 Å². The third-order valence-electron chi connectivity index (χ3n) is 0.651. The van der Waals surface area contributed by atoms with E-state index < -0.39 is 24.6 Å². The highest BCUT2D eigenvalue weighted by atomic mass is 19.4. The smallest absolute Gasteiger partial charge is 0.471 e. The van der Waals surface area contributed by atoms with Gasteiger partial charge in [0.25, 0.3) is 0 Å². The maximum absolute atomic E-state index is 11.3. The van der Waals surface area contributed by atoms with Gasteiger partial charge in [-0.1, -0.05) is 0 Å². The van der Waals surface area contributed by atoms with Gasteiger partial charge in [-0.3, -0.25) is 4.79 Å². The molecule has 0 unspecified atom stereocenters. The fourth-order valence-electron chi connectivity index (χ4n) is 0.253. The van der Waals surface area contributed by atoms with Crippen LogP contribution in [0.4, 0.5) is 13.2 Å². The SMILES string of the molecule is O=C([O-])CNC(=O)C(F)(F)F. The molecule has 7 heteroatoms. The van der Waals surface area contributed by atoms with Crippen LogP contribution in [0.3, 0.4) is 0 Å². The number of carbonyl (C=O) groups excluding carboxylic acids is 2. The largest absolute Gasteiger partial charge is 0.548 e. The third kappa shape index (κ3) is 4.18. The zero-order valence-electron chi connectivity index (χ0n) is 5.07. The van der Waals surface area contributed by atoms with E-state index >= 15 is 0 Å². The number of rotatable bonds is 2. The Morgan fingerprint density at radius 2 is 1.82 bits per heavy atom.